The molecule has 3 atom stereocenters. The van der Waals surface area contributed by atoms with Crippen LogP contribution >= 0.6 is 0 Å². The van der Waals surface area contributed by atoms with Crippen LogP contribution in [0.5, 0.6) is 0 Å². The summed E-state index contributed by atoms with van der Waals surface area (Å²) in [4.78, 5) is 28.1. The van der Waals surface area contributed by atoms with Gasteiger partial charge in [0.05, 0.1) is 0 Å². The highest BCUT2D eigenvalue weighted by atomic mass is 16.2. The summed E-state index contributed by atoms with van der Waals surface area (Å²) in [5, 5.41) is 0. The number of nitrogens with zero attached hydrogens (tertiary/aromatic N) is 2. The van der Waals surface area contributed by atoms with Crippen LogP contribution in [0.15, 0.2) is 0 Å². The zero-order valence-corrected chi connectivity index (χ0v) is 12.0. The van der Waals surface area contributed by atoms with Gasteiger partial charge in [-0.2, -0.15) is 0 Å². The van der Waals surface area contributed by atoms with Gasteiger partial charge in [-0.15, -0.1) is 0 Å². The van der Waals surface area contributed by atoms with Crippen molar-refractivity contribution in [2.45, 2.75) is 50.6 Å². The van der Waals surface area contributed by atoms with Crippen molar-refractivity contribution in [3.63, 3.8) is 0 Å². The number of amides is 2. The second-order valence-electron chi connectivity index (χ2n) is 6.05. The SMILES string of the molecule is CN(C)C(=O)C1CCCN1C(=O)C1CCCC(N)C1. The standard InChI is InChI=1S/C14H25N3O2/c1-16(2)14(19)12-7-4-8-17(12)13(18)10-5-3-6-11(15)9-10/h10-12H,3-9,15H2,1-2H3. The van der Waals surface area contributed by atoms with Crippen molar-refractivity contribution in [1.29, 1.82) is 0 Å². The number of likely N-dealkylation sites (tertiary alicyclic amines) is 1. The number of carbonyl (C=O) groups is 2. The molecule has 108 valence electrons. The highest BCUT2D eigenvalue weighted by Crippen LogP contribution is 2.28. The number of hydrogen-bond acceptors (Lipinski definition) is 3. The van der Waals surface area contributed by atoms with Crippen molar-refractivity contribution < 1.29 is 9.59 Å². The van der Waals surface area contributed by atoms with Gasteiger partial charge < -0.3 is 15.5 Å². The summed E-state index contributed by atoms with van der Waals surface area (Å²) in [5.74, 6) is 0.220. The molecule has 5 heteroatoms. The molecule has 2 amide bonds. The Morgan fingerprint density at radius 3 is 2.53 bits per heavy atom. The third-order valence-electron chi connectivity index (χ3n) is 4.33. The van der Waals surface area contributed by atoms with E-state index in [2.05, 4.69) is 0 Å². The molecule has 0 spiro atoms. The van der Waals surface area contributed by atoms with E-state index >= 15 is 0 Å². The maximum atomic E-state index is 12.6. The monoisotopic (exact) mass is 267 g/mol. The van der Waals surface area contributed by atoms with Gasteiger partial charge in [0.2, 0.25) is 11.8 Å². The first-order valence-electron chi connectivity index (χ1n) is 7.28. The van der Waals surface area contributed by atoms with Gasteiger partial charge in [-0.1, -0.05) is 6.42 Å². The van der Waals surface area contributed by atoms with Crippen LogP contribution in [0, 0.1) is 5.92 Å². The summed E-state index contributed by atoms with van der Waals surface area (Å²) in [7, 11) is 3.50. The molecule has 1 saturated heterocycles. The van der Waals surface area contributed by atoms with Crippen molar-refractivity contribution in [3.8, 4) is 0 Å². The summed E-state index contributed by atoms with van der Waals surface area (Å²) < 4.78 is 0. The fraction of sp³-hybridized carbons (Fsp3) is 0.857. The molecule has 1 aliphatic carbocycles. The third-order valence-corrected chi connectivity index (χ3v) is 4.33. The van der Waals surface area contributed by atoms with Gasteiger partial charge in [0.25, 0.3) is 0 Å². The molecule has 2 aliphatic rings. The van der Waals surface area contributed by atoms with Crippen molar-refractivity contribution in [2.75, 3.05) is 20.6 Å². The average Bonchev–Trinajstić information content (AvgIpc) is 2.85. The first-order valence-corrected chi connectivity index (χ1v) is 7.28. The molecule has 19 heavy (non-hydrogen) atoms. The molecule has 0 bridgehead atoms. The minimum Gasteiger partial charge on any atom is -0.347 e. The van der Waals surface area contributed by atoms with E-state index < -0.39 is 0 Å². The van der Waals surface area contributed by atoms with Gasteiger partial charge in [-0.3, -0.25) is 9.59 Å². The minimum atomic E-state index is -0.249. The smallest absolute Gasteiger partial charge is 0.244 e. The number of nitrogens with two attached hydrogens (primary N) is 1. The molecule has 5 nitrogen and oxygen atoms in total. The van der Waals surface area contributed by atoms with E-state index in [0.29, 0.717) is 0 Å². The molecule has 2 rings (SSSR count). The molecule has 0 aromatic rings. The van der Waals surface area contributed by atoms with Gasteiger partial charge in [0.15, 0.2) is 0 Å². The van der Waals surface area contributed by atoms with E-state index in [0.717, 1.165) is 45.1 Å². The lowest BCUT2D eigenvalue weighted by molar-refractivity contribution is -0.145. The zero-order valence-electron chi connectivity index (χ0n) is 12.0. The first kappa shape index (κ1) is 14.3. The lowest BCUT2D eigenvalue weighted by atomic mass is 9.85. The van der Waals surface area contributed by atoms with Gasteiger partial charge in [0, 0.05) is 32.6 Å². The Labute approximate surface area is 115 Å². The molecule has 3 unspecified atom stereocenters. The Kier molecular flexibility index (Phi) is 4.45. The summed E-state index contributed by atoms with van der Waals surface area (Å²) in [6.07, 6.45) is 5.46. The number of likely N-dealkylation sites (N-methyl/N-ethyl adjacent to an activating group) is 1. The minimum absolute atomic E-state index is 0.0271. The normalized spacial score (nSPS) is 31.3. The van der Waals surface area contributed by atoms with E-state index in [9.17, 15) is 9.59 Å². The maximum absolute atomic E-state index is 12.6. The summed E-state index contributed by atoms with van der Waals surface area (Å²) >= 11 is 0. The summed E-state index contributed by atoms with van der Waals surface area (Å²) in [5.41, 5.74) is 5.96. The Balaban J connectivity index is 2.03. The van der Waals surface area contributed by atoms with Gasteiger partial charge in [-0.05, 0) is 32.1 Å². The van der Waals surface area contributed by atoms with Crippen LogP contribution in [0.25, 0.3) is 0 Å². The quantitative estimate of drug-likeness (QED) is 0.796. The van der Waals surface area contributed by atoms with Crippen LogP contribution in [0.4, 0.5) is 0 Å². The highest BCUT2D eigenvalue weighted by Gasteiger charge is 2.38. The largest absolute Gasteiger partial charge is 0.347 e. The summed E-state index contributed by atoms with van der Waals surface area (Å²) in [6.45, 7) is 0.717. The molecular weight excluding hydrogens is 242 g/mol. The molecule has 1 saturated carbocycles. The fourth-order valence-corrected chi connectivity index (χ4v) is 3.27. The second-order valence-corrected chi connectivity index (χ2v) is 6.05. The Hall–Kier alpha value is -1.10. The highest BCUT2D eigenvalue weighted by molar-refractivity contribution is 5.89. The first-order chi connectivity index (χ1) is 9.00. The van der Waals surface area contributed by atoms with E-state index in [1.165, 1.54) is 0 Å². The van der Waals surface area contributed by atoms with E-state index in [-0.39, 0.29) is 29.8 Å². The number of hydrogen-bond donors (Lipinski definition) is 1. The van der Waals surface area contributed by atoms with Gasteiger partial charge in [-0.25, -0.2) is 0 Å². The number of rotatable bonds is 2. The molecule has 1 aliphatic heterocycles. The fourth-order valence-electron chi connectivity index (χ4n) is 3.27. The molecule has 0 aromatic heterocycles. The van der Waals surface area contributed by atoms with Crippen LogP contribution in [0.2, 0.25) is 0 Å². The topological polar surface area (TPSA) is 66.6 Å². The average molecular weight is 267 g/mol. The van der Waals surface area contributed by atoms with Gasteiger partial charge in [0.1, 0.15) is 6.04 Å². The number of carbonyl (C=O) groups excluding carboxylic acids is 2. The summed E-state index contributed by atoms with van der Waals surface area (Å²) in [6, 6.07) is -0.103. The van der Waals surface area contributed by atoms with Crippen LogP contribution < -0.4 is 5.73 Å². The third kappa shape index (κ3) is 3.08. The van der Waals surface area contributed by atoms with Crippen molar-refractivity contribution in [1.82, 2.24) is 9.80 Å². The van der Waals surface area contributed by atoms with Gasteiger partial charge >= 0.3 is 0 Å². The molecule has 1 heterocycles. The Morgan fingerprint density at radius 1 is 1.16 bits per heavy atom. The van der Waals surface area contributed by atoms with Crippen LogP contribution in [-0.4, -0.2) is 54.3 Å². The van der Waals surface area contributed by atoms with Crippen LogP contribution in [0.3, 0.4) is 0 Å². The van der Waals surface area contributed by atoms with Crippen molar-refractivity contribution in [2.24, 2.45) is 11.7 Å². The molecular formula is C14H25N3O2. The lowest BCUT2D eigenvalue weighted by Crippen LogP contribution is -2.48. The predicted octanol–water partition coefficient (Wildman–Crippen LogP) is 0.583. The maximum Gasteiger partial charge on any atom is 0.244 e. The molecule has 2 fully saturated rings. The van der Waals surface area contributed by atoms with E-state index in [1.54, 1.807) is 23.9 Å². The Morgan fingerprint density at radius 2 is 1.89 bits per heavy atom. The van der Waals surface area contributed by atoms with E-state index in [1.807, 2.05) is 0 Å². The molecule has 0 radical (unpaired) electrons. The molecule has 2 N–H and O–H groups in total. The molecule has 0 aromatic carbocycles. The van der Waals surface area contributed by atoms with Crippen LogP contribution in [-0.2, 0) is 9.59 Å². The van der Waals surface area contributed by atoms with Crippen LogP contribution in [0.1, 0.15) is 38.5 Å². The second kappa shape index (κ2) is 5.90. The lowest BCUT2D eigenvalue weighted by Gasteiger charge is -2.32. The van der Waals surface area contributed by atoms with Crippen molar-refractivity contribution in [3.05, 3.63) is 0 Å². The predicted molar refractivity (Wildman–Crippen MR) is 73.4 cm³/mol. The van der Waals surface area contributed by atoms with Crippen molar-refractivity contribution >= 4 is 11.8 Å². The Bertz CT molecular complexity index is 357. The zero-order chi connectivity index (χ0) is 14.0. The van der Waals surface area contributed by atoms with E-state index in [4.69, 9.17) is 5.73 Å².